The molecule has 130 valence electrons. The Bertz CT molecular complexity index is 1020. The lowest BCUT2D eigenvalue weighted by molar-refractivity contribution is -0.0296. The van der Waals surface area contributed by atoms with E-state index in [9.17, 15) is 12.8 Å². The third-order valence-electron chi connectivity index (χ3n) is 4.06. The first-order chi connectivity index (χ1) is 12.0. The highest BCUT2D eigenvalue weighted by Crippen LogP contribution is 2.28. The van der Waals surface area contributed by atoms with Crippen LogP contribution in [0.25, 0.3) is 11.0 Å². The van der Waals surface area contributed by atoms with Gasteiger partial charge < -0.3 is 4.74 Å². The van der Waals surface area contributed by atoms with Crippen molar-refractivity contribution in [3.63, 3.8) is 0 Å². The van der Waals surface area contributed by atoms with Crippen molar-refractivity contribution in [2.75, 3.05) is 13.1 Å². The Morgan fingerprint density at radius 2 is 2.00 bits per heavy atom. The van der Waals surface area contributed by atoms with E-state index in [-0.39, 0.29) is 36.5 Å². The number of hydrogen-bond donors (Lipinski definition) is 0. The van der Waals surface area contributed by atoms with E-state index in [1.54, 1.807) is 30.3 Å². The van der Waals surface area contributed by atoms with E-state index in [0.29, 0.717) is 11.0 Å². The molecule has 1 saturated heterocycles. The van der Waals surface area contributed by atoms with Crippen LogP contribution in [0.1, 0.15) is 5.56 Å². The van der Waals surface area contributed by atoms with Gasteiger partial charge in [0.05, 0.1) is 24.4 Å². The van der Waals surface area contributed by atoms with Gasteiger partial charge in [0, 0.05) is 13.1 Å². The van der Waals surface area contributed by atoms with Gasteiger partial charge in [0.1, 0.15) is 21.7 Å². The molecule has 2 aromatic carbocycles. The van der Waals surface area contributed by atoms with Crippen LogP contribution in [0.3, 0.4) is 0 Å². The first-order valence-electron chi connectivity index (χ1n) is 7.61. The van der Waals surface area contributed by atoms with E-state index in [0.717, 1.165) is 17.3 Å². The molecule has 0 spiro atoms. The van der Waals surface area contributed by atoms with Gasteiger partial charge in [0.2, 0.25) is 10.0 Å². The van der Waals surface area contributed by atoms with Crippen LogP contribution in [0.4, 0.5) is 4.39 Å². The molecule has 0 atom stereocenters. The van der Waals surface area contributed by atoms with E-state index in [1.807, 2.05) is 0 Å². The summed E-state index contributed by atoms with van der Waals surface area (Å²) in [5, 5.41) is 0. The van der Waals surface area contributed by atoms with Gasteiger partial charge in [-0.1, -0.05) is 18.2 Å². The Hall–Kier alpha value is -1.94. The van der Waals surface area contributed by atoms with Crippen LogP contribution < -0.4 is 0 Å². The number of sulfonamides is 1. The molecule has 3 aromatic rings. The van der Waals surface area contributed by atoms with E-state index < -0.39 is 10.0 Å². The maximum absolute atomic E-state index is 13.1. The number of ether oxygens (including phenoxy) is 1. The Labute approximate surface area is 148 Å². The molecule has 2 heterocycles. The van der Waals surface area contributed by atoms with Gasteiger partial charge in [-0.2, -0.15) is 13.1 Å². The SMILES string of the molecule is O=S(=O)(c1cccc2nsnc12)N1CC(OCc2cccc(F)c2)C1. The molecular weight excluding hydrogens is 365 g/mol. The number of nitrogens with zero attached hydrogens (tertiary/aromatic N) is 3. The number of hydrogen-bond acceptors (Lipinski definition) is 6. The van der Waals surface area contributed by atoms with Crippen molar-refractivity contribution in [3.05, 3.63) is 53.8 Å². The number of benzene rings is 2. The third kappa shape index (κ3) is 3.15. The number of aromatic nitrogens is 2. The lowest BCUT2D eigenvalue weighted by Crippen LogP contribution is -2.54. The zero-order valence-electron chi connectivity index (χ0n) is 13.0. The van der Waals surface area contributed by atoms with Crippen molar-refractivity contribution < 1.29 is 17.5 Å². The normalized spacial score (nSPS) is 16.2. The zero-order chi connectivity index (χ0) is 17.4. The second-order valence-corrected chi connectivity index (χ2v) is 8.21. The van der Waals surface area contributed by atoms with Crippen molar-refractivity contribution in [1.82, 2.24) is 13.1 Å². The molecule has 0 radical (unpaired) electrons. The van der Waals surface area contributed by atoms with Gasteiger partial charge >= 0.3 is 0 Å². The second-order valence-electron chi connectivity index (χ2n) is 5.77. The lowest BCUT2D eigenvalue weighted by Gasteiger charge is -2.37. The Balaban J connectivity index is 1.42. The molecule has 25 heavy (non-hydrogen) atoms. The summed E-state index contributed by atoms with van der Waals surface area (Å²) in [6.07, 6.45) is -0.203. The predicted octanol–water partition coefficient (Wildman–Crippen LogP) is 2.42. The number of rotatable bonds is 5. The predicted molar refractivity (Wildman–Crippen MR) is 91.2 cm³/mol. The fourth-order valence-electron chi connectivity index (χ4n) is 2.67. The molecule has 0 aliphatic carbocycles. The number of halogens is 1. The molecule has 0 N–H and O–H groups in total. The maximum Gasteiger partial charge on any atom is 0.245 e. The summed E-state index contributed by atoms with van der Waals surface area (Å²) in [6, 6.07) is 11.1. The summed E-state index contributed by atoms with van der Waals surface area (Å²) in [5.74, 6) is -0.316. The van der Waals surface area contributed by atoms with Gasteiger partial charge in [-0.3, -0.25) is 0 Å². The van der Waals surface area contributed by atoms with Crippen LogP contribution in [0, 0.1) is 5.82 Å². The summed E-state index contributed by atoms with van der Waals surface area (Å²) < 4.78 is 53.8. The molecule has 9 heteroatoms. The highest BCUT2D eigenvalue weighted by Gasteiger charge is 2.38. The molecule has 4 rings (SSSR count). The maximum atomic E-state index is 13.1. The smallest absolute Gasteiger partial charge is 0.245 e. The minimum atomic E-state index is -3.62. The molecule has 1 aliphatic rings. The van der Waals surface area contributed by atoms with Gasteiger partial charge in [-0.05, 0) is 29.8 Å². The molecule has 6 nitrogen and oxygen atoms in total. The zero-order valence-corrected chi connectivity index (χ0v) is 14.6. The highest BCUT2D eigenvalue weighted by molar-refractivity contribution is 7.89. The third-order valence-corrected chi connectivity index (χ3v) is 6.46. The highest BCUT2D eigenvalue weighted by atomic mass is 32.2. The Kier molecular flexibility index (Phi) is 4.24. The van der Waals surface area contributed by atoms with Crippen molar-refractivity contribution in [2.24, 2.45) is 0 Å². The average Bonchev–Trinajstić information content (AvgIpc) is 3.01. The van der Waals surface area contributed by atoms with E-state index >= 15 is 0 Å². The van der Waals surface area contributed by atoms with Crippen LogP contribution in [-0.2, 0) is 21.4 Å². The van der Waals surface area contributed by atoms with E-state index in [1.165, 1.54) is 16.4 Å². The first kappa shape index (κ1) is 16.5. The van der Waals surface area contributed by atoms with Gasteiger partial charge in [-0.25, -0.2) is 12.8 Å². The van der Waals surface area contributed by atoms with E-state index in [4.69, 9.17) is 4.74 Å². The minimum Gasteiger partial charge on any atom is -0.371 e. The quantitative estimate of drug-likeness (QED) is 0.681. The molecule has 0 bridgehead atoms. The molecule has 0 unspecified atom stereocenters. The fraction of sp³-hybridized carbons (Fsp3) is 0.250. The summed E-state index contributed by atoms with van der Waals surface area (Å²) in [6.45, 7) is 0.791. The standard InChI is InChI=1S/C16H14FN3O3S2/c17-12-4-1-3-11(7-12)10-23-13-8-20(9-13)25(21,22)15-6-2-5-14-16(15)19-24-18-14/h1-7,13H,8-10H2. The Morgan fingerprint density at radius 1 is 1.20 bits per heavy atom. The molecular formula is C16H14FN3O3S2. The first-order valence-corrected chi connectivity index (χ1v) is 9.78. The van der Waals surface area contributed by atoms with Crippen LogP contribution in [0.2, 0.25) is 0 Å². The summed E-state index contributed by atoms with van der Waals surface area (Å²) in [5.41, 5.74) is 1.70. The van der Waals surface area contributed by atoms with Crippen molar-refractivity contribution in [2.45, 2.75) is 17.6 Å². The van der Waals surface area contributed by atoms with Gasteiger partial charge in [-0.15, -0.1) is 0 Å². The van der Waals surface area contributed by atoms with Gasteiger partial charge in [0.25, 0.3) is 0 Å². The van der Waals surface area contributed by atoms with Crippen molar-refractivity contribution in [1.29, 1.82) is 0 Å². The van der Waals surface area contributed by atoms with Crippen LogP contribution in [0.5, 0.6) is 0 Å². The van der Waals surface area contributed by atoms with Crippen LogP contribution in [-0.4, -0.2) is 40.7 Å². The monoisotopic (exact) mass is 379 g/mol. The topological polar surface area (TPSA) is 72.4 Å². The van der Waals surface area contributed by atoms with Crippen molar-refractivity contribution in [3.8, 4) is 0 Å². The van der Waals surface area contributed by atoms with Gasteiger partial charge in [0.15, 0.2) is 0 Å². The summed E-state index contributed by atoms with van der Waals surface area (Å²) >= 11 is 0.990. The molecule has 1 aliphatic heterocycles. The average molecular weight is 379 g/mol. The number of fused-ring (bicyclic) bond motifs is 1. The largest absolute Gasteiger partial charge is 0.371 e. The van der Waals surface area contributed by atoms with E-state index in [2.05, 4.69) is 8.75 Å². The minimum absolute atomic E-state index is 0.169. The second kappa shape index (κ2) is 6.41. The molecule has 0 saturated carbocycles. The Morgan fingerprint density at radius 3 is 2.80 bits per heavy atom. The lowest BCUT2D eigenvalue weighted by atomic mass is 10.2. The molecule has 1 aromatic heterocycles. The molecule has 1 fully saturated rings. The summed E-state index contributed by atoms with van der Waals surface area (Å²) in [4.78, 5) is 0.169. The molecule has 0 amide bonds. The van der Waals surface area contributed by atoms with Crippen LogP contribution in [0.15, 0.2) is 47.4 Å². The fourth-order valence-corrected chi connectivity index (χ4v) is 4.93. The van der Waals surface area contributed by atoms with Crippen molar-refractivity contribution >= 4 is 32.8 Å². The summed E-state index contributed by atoms with van der Waals surface area (Å²) in [7, 11) is -3.62. The van der Waals surface area contributed by atoms with Crippen LogP contribution >= 0.6 is 11.7 Å².